The van der Waals surface area contributed by atoms with Gasteiger partial charge in [0, 0.05) is 0 Å². The molecule has 0 aromatic heterocycles. The van der Waals surface area contributed by atoms with E-state index in [1.54, 1.807) is 0 Å². The van der Waals surface area contributed by atoms with Crippen molar-refractivity contribution in [1.82, 2.24) is 0 Å². The predicted octanol–water partition coefficient (Wildman–Crippen LogP) is -3.30. The van der Waals surface area contributed by atoms with E-state index in [4.69, 9.17) is 0 Å². The molecule has 0 aliphatic carbocycles. The van der Waals surface area contributed by atoms with Gasteiger partial charge in [-0.15, -0.1) is 0 Å². The van der Waals surface area contributed by atoms with Crippen molar-refractivity contribution in [2.75, 3.05) is 0 Å². The molecule has 0 aromatic carbocycles. The van der Waals surface area contributed by atoms with E-state index in [0.29, 0.717) is 0 Å². The van der Waals surface area contributed by atoms with Crippen molar-refractivity contribution in [1.29, 1.82) is 0 Å². The van der Waals surface area contributed by atoms with E-state index >= 15 is 0 Å². The summed E-state index contributed by atoms with van der Waals surface area (Å²) in [6.45, 7) is 0. The number of hydrogen-bond acceptors (Lipinski definition) is 7. The Balaban J connectivity index is 0. The molecule has 0 spiro atoms. The summed E-state index contributed by atoms with van der Waals surface area (Å²) < 4.78 is 59.6. The molecule has 0 heterocycles. The Labute approximate surface area is 86.0 Å². The van der Waals surface area contributed by atoms with Crippen LogP contribution in [-0.4, -0.2) is 23.1 Å². The van der Waals surface area contributed by atoms with Crippen LogP contribution in [0.5, 0.6) is 0 Å². The van der Waals surface area contributed by atoms with Gasteiger partial charge in [0.2, 0.25) is 0 Å². The molecule has 0 amide bonds. The van der Waals surface area contributed by atoms with Crippen LogP contribution in [0.25, 0.3) is 0 Å². The molecular weight excluding hydrogens is 612 g/mol. The zero-order valence-corrected chi connectivity index (χ0v) is 14.3. The normalized spacial score (nSPS) is 12.2. The van der Waals surface area contributed by atoms with Gasteiger partial charge >= 0.3 is 87.8 Å². The van der Waals surface area contributed by atoms with E-state index in [9.17, 15) is 14.2 Å². The molecule has 10 heavy (non-hydrogen) atoms. The molecule has 0 N–H and O–H groups in total. The van der Waals surface area contributed by atoms with Crippen LogP contribution in [0.4, 0.5) is 0 Å². The fraction of sp³-hybridized carbons (Fsp3) is 0. The quantitative estimate of drug-likeness (QED) is 0.300. The first-order valence-electron chi connectivity index (χ1n) is 1.63. The first-order chi connectivity index (χ1) is 3.71. The summed E-state index contributed by atoms with van der Waals surface area (Å²) in [4.78, 5) is 0. The Hall–Kier alpha value is 1.95. The van der Waals surface area contributed by atoms with Gasteiger partial charge in [-0.3, -0.25) is 0 Å². The summed E-state index contributed by atoms with van der Waals surface area (Å²) in [7, 11) is 0. The van der Waals surface area contributed by atoms with Crippen molar-refractivity contribution in [2.24, 2.45) is 0 Å². The molecule has 0 aliphatic rings. The van der Waals surface area contributed by atoms with E-state index in [-0.39, 0.29) is 23.1 Å². The minimum atomic E-state index is -6.71. The van der Waals surface area contributed by atoms with E-state index < -0.39 is 50.8 Å². The molecule has 0 bridgehead atoms. The van der Waals surface area contributed by atoms with Crippen LogP contribution in [0, 0.1) is 50.8 Å². The number of hydrogen-bond donors (Lipinski definition) is 0. The molecule has 0 rings (SSSR count). The molecule has 10 heteroatoms. The zero-order chi connectivity index (χ0) is 7.71. The zero-order valence-electron chi connectivity index (χ0n) is 4.56. The first-order valence-corrected chi connectivity index (χ1v) is 15.2. The molecule has 0 aliphatic heterocycles. The van der Waals surface area contributed by atoms with Gasteiger partial charge in [-0.05, 0) is 0 Å². The fourth-order valence-electron chi connectivity index (χ4n) is 0.153. The average Bonchev–Trinajstić information content (AvgIpc) is 1.14. The van der Waals surface area contributed by atoms with Gasteiger partial charge in [0.05, 0.1) is 0 Å². The third-order valence-corrected chi connectivity index (χ3v) is 21.8. The topological polar surface area (TPSA) is 124 Å². The van der Waals surface area contributed by atoms with Crippen LogP contribution in [0.3, 0.4) is 0 Å². The summed E-state index contributed by atoms with van der Waals surface area (Å²) in [5.41, 5.74) is 0. The standard InChI is InChI=1S/Mg.7O.2U/q+2;;;;;;2*-1;;. The van der Waals surface area contributed by atoms with Gasteiger partial charge in [0.1, 0.15) is 0 Å². The van der Waals surface area contributed by atoms with Gasteiger partial charge in [0.25, 0.3) is 0 Å². The molecular formula is MgO7U2. The average molecular weight is 612 g/mol. The van der Waals surface area contributed by atoms with Crippen molar-refractivity contribution in [3.63, 3.8) is 0 Å². The van der Waals surface area contributed by atoms with Crippen molar-refractivity contribution < 1.29 is 64.8 Å². The number of rotatable bonds is 2. The van der Waals surface area contributed by atoms with Crippen molar-refractivity contribution in [2.45, 2.75) is 0 Å². The Morgan fingerprint density at radius 2 is 1.10 bits per heavy atom. The van der Waals surface area contributed by atoms with Crippen molar-refractivity contribution in [3.8, 4) is 0 Å². The monoisotopic (exact) mass is 612 g/mol. The molecule has 0 saturated heterocycles. The Morgan fingerprint density at radius 1 is 0.900 bits per heavy atom. The second-order valence-corrected chi connectivity index (χ2v) is 18.2. The Bertz CT molecular complexity index is 237. The molecule has 0 saturated carbocycles. The van der Waals surface area contributed by atoms with Crippen molar-refractivity contribution >= 4 is 23.1 Å². The molecule has 7 nitrogen and oxygen atoms in total. The predicted molar refractivity (Wildman–Crippen MR) is 9.59 cm³/mol. The Morgan fingerprint density at radius 3 is 1.10 bits per heavy atom. The molecule has 52 valence electrons. The van der Waals surface area contributed by atoms with Gasteiger partial charge in [-0.2, -0.15) is 0 Å². The summed E-state index contributed by atoms with van der Waals surface area (Å²) in [6.07, 6.45) is 0. The summed E-state index contributed by atoms with van der Waals surface area (Å²) in [5.74, 6) is 0. The molecule has 0 fully saturated rings. The molecule has 0 atom stereocenters. The molecule has 0 radical (unpaired) electrons. The van der Waals surface area contributed by atoms with Crippen LogP contribution in [-0.2, 0) is 8.69 Å². The molecule has 0 unspecified atom stereocenters. The molecule has 0 aromatic rings. The van der Waals surface area contributed by atoms with E-state index in [2.05, 4.69) is -0.255 Å². The Kier molecular flexibility index (Phi) is 7.02. The maximum absolute atomic E-state index is 9.47. The van der Waals surface area contributed by atoms with E-state index in [1.165, 1.54) is 0 Å². The van der Waals surface area contributed by atoms with Gasteiger partial charge in [-0.1, -0.05) is 0 Å². The van der Waals surface area contributed by atoms with Crippen LogP contribution in [0.1, 0.15) is 0 Å². The van der Waals surface area contributed by atoms with E-state index in [0.717, 1.165) is 0 Å². The van der Waals surface area contributed by atoms with Gasteiger partial charge in [0.15, 0.2) is 0 Å². The second kappa shape index (κ2) is 4.85. The maximum atomic E-state index is 9.47. The SMILES string of the molecule is [Mg+2].[O]=[U](=[O])([O-])[O][U](=[O])(=[O])[O-]. The third kappa shape index (κ3) is 12.6. The third-order valence-electron chi connectivity index (χ3n) is 0.250. The summed E-state index contributed by atoms with van der Waals surface area (Å²) in [5, 5.41) is 0. The van der Waals surface area contributed by atoms with E-state index in [1.807, 2.05) is 0 Å². The van der Waals surface area contributed by atoms with Gasteiger partial charge < -0.3 is 0 Å². The van der Waals surface area contributed by atoms with Crippen LogP contribution >= 0.6 is 0 Å². The van der Waals surface area contributed by atoms with Crippen molar-refractivity contribution in [3.05, 3.63) is 0 Å². The van der Waals surface area contributed by atoms with Gasteiger partial charge in [-0.25, -0.2) is 0 Å². The second-order valence-electron chi connectivity index (χ2n) is 1.10. The first kappa shape index (κ1) is 14.5. The minimum absolute atomic E-state index is 0. The summed E-state index contributed by atoms with van der Waals surface area (Å²) in [6, 6.07) is 0. The van der Waals surface area contributed by atoms with Crippen LogP contribution in [0.2, 0.25) is 0 Å². The van der Waals surface area contributed by atoms with Crippen LogP contribution in [0.15, 0.2) is 0 Å². The fourth-order valence-corrected chi connectivity index (χ4v) is 13.3. The summed E-state index contributed by atoms with van der Waals surface area (Å²) >= 11 is -13.4. The van der Waals surface area contributed by atoms with Crippen LogP contribution < -0.4 is 5.22 Å².